The highest BCUT2D eigenvalue weighted by molar-refractivity contribution is 7.85. The summed E-state index contributed by atoms with van der Waals surface area (Å²) < 4.78 is 14.2. The zero-order valence-electron chi connectivity index (χ0n) is 18.0. The van der Waals surface area contributed by atoms with Crippen LogP contribution in [0.1, 0.15) is 18.1 Å². The lowest BCUT2D eigenvalue weighted by Crippen LogP contribution is -2.21. The molecular weight excluding hydrogens is 418 g/mol. The number of H-pyrrole nitrogens is 1. The van der Waals surface area contributed by atoms with Crippen molar-refractivity contribution in [1.82, 2.24) is 14.5 Å². The monoisotopic (exact) mass is 441 g/mol. The van der Waals surface area contributed by atoms with Gasteiger partial charge in [0.25, 0.3) is 5.56 Å². The average molecular weight is 442 g/mol. The van der Waals surface area contributed by atoms with Crippen LogP contribution in [0, 0.1) is 6.92 Å². The van der Waals surface area contributed by atoms with Gasteiger partial charge in [-0.15, -0.1) is 0 Å². The maximum Gasteiger partial charge on any atom is 0.275 e. The van der Waals surface area contributed by atoms with Gasteiger partial charge in [0, 0.05) is 39.4 Å². The fraction of sp³-hybridized carbons (Fsp3) is 0.154. The zero-order chi connectivity index (χ0) is 22.2. The Morgan fingerprint density at radius 1 is 1.06 bits per heavy atom. The molecule has 3 heterocycles. The molecule has 0 radical (unpaired) electrons. The molecular formula is C26H23N3O2S. The van der Waals surface area contributed by atoms with Gasteiger partial charge in [-0.3, -0.25) is 9.00 Å². The van der Waals surface area contributed by atoms with Crippen LogP contribution in [0.15, 0.2) is 82.7 Å². The second-order valence-corrected chi connectivity index (χ2v) is 9.65. The summed E-state index contributed by atoms with van der Waals surface area (Å²) in [4.78, 5) is 22.0. The van der Waals surface area contributed by atoms with E-state index in [0.29, 0.717) is 23.5 Å². The Kier molecular flexibility index (Phi) is 5.23. The van der Waals surface area contributed by atoms with E-state index in [9.17, 15) is 9.00 Å². The number of hydrogen-bond donors (Lipinski definition) is 1. The van der Waals surface area contributed by atoms with Crippen molar-refractivity contribution in [3.63, 3.8) is 0 Å². The van der Waals surface area contributed by atoms with E-state index in [2.05, 4.69) is 16.0 Å². The van der Waals surface area contributed by atoms with Gasteiger partial charge in [-0.25, -0.2) is 4.98 Å². The van der Waals surface area contributed by atoms with Crippen LogP contribution in [0.4, 0.5) is 0 Å². The number of nitrogens with one attached hydrogen (secondary N) is 1. The predicted octanol–water partition coefficient (Wildman–Crippen LogP) is 5.03. The third kappa shape index (κ3) is 3.56. The molecule has 5 rings (SSSR count). The van der Waals surface area contributed by atoms with E-state index in [1.807, 2.05) is 74.6 Å². The van der Waals surface area contributed by atoms with Crippen LogP contribution in [0.25, 0.3) is 33.1 Å². The van der Waals surface area contributed by atoms with E-state index in [1.165, 1.54) is 0 Å². The lowest BCUT2D eigenvalue weighted by molar-refractivity contribution is 0.684. The van der Waals surface area contributed by atoms with Crippen LogP contribution in [-0.2, 0) is 17.3 Å². The molecule has 5 aromatic rings. The second kappa shape index (κ2) is 8.20. The minimum absolute atomic E-state index is 0.0865. The normalized spacial score (nSPS) is 12.4. The molecule has 0 saturated heterocycles. The topological polar surface area (TPSA) is 67.8 Å². The largest absolute Gasteiger partial charge is 0.335 e. The molecule has 32 heavy (non-hydrogen) atoms. The Morgan fingerprint density at radius 2 is 1.88 bits per heavy atom. The summed E-state index contributed by atoms with van der Waals surface area (Å²) in [5, 5.41) is 1.77. The molecule has 5 nitrogen and oxygen atoms in total. The fourth-order valence-corrected chi connectivity index (χ4v) is 4.95. The maximum atomic E-state index is 13.4. The van der Waals surface area contributed by atoms with Gasteiger partial charge in [0.1, 0.15) is 11.2 Å². The zero-order valence-corrected chi connectivity index (χ0v) is 18.8. The van der Waals surface area contributed by atoms with E-state index < -0.39 is 10.8 Å². The Labute approximate surface area is 188 Å². The van der Waals surface area contributed by atoms with Crippen LogP contribution >= 0.6 is 0 Å². The smallest absolute Gasteiger partial charge is 0.275 e. The summed E-state index contributed by atoms with van der Waals surface area (Å²) >= 11 is 0. The van der Waals surface area contributed by atoms with E-state index in [0.717, 1.165) is 37.9 Å². The summed E-state index contributed by atoms with van der Waals surface area (Å²) in [5.74, 6) is 0.558. The number of fused-ring (bicyclic) bond motifs is 3. The van der Waals surface area contributed by atoms with Crippen LogP contribution in [0.2, 0.25) is 0 Å². The number of aromatic amines is 1. The maximum absolute atomic E-state index is 13.4. The molecule has 0 amide bonds. The van der Waals surface area contributed by atoms with Crippen LogP contribution in [-0.4, -0.2) is 24.5 Å². The van der Waals surface area contributed by atoms with Crippen molar-refractivity contribution in [2.24, 2.45) is 0 Å². The van der Waals surface area contributed by atoms with Gasteiger partial charge in [-0.2, -0.15) is 0 Å². The van der Waals surface area contributed by atoms with Gasteiger partial charge < -0.3 is 9.55 Å². The number of pyridine rings is 2. The van der Waals surface area contributed by atoms with Crippen molar-refractivity contribution in [3.05, 3.63) is 94.5 Å². The van der Waals surface area contributed by atoms with Gasteiger partial charge in [0.2, 0.25) is 0 Å². The van der Waals surface area contributed by atoms with Gasteiger partial charge >= 0.3 is 0 Å². The first-order chi connectivity index (χ1) is 15.5. The molecule has 2 aromatic carbocycles. The molecule has 0 bridgehead atoms. The summed E-state index contributed by atoms with van der Waals surface area (Å²) in [7, 11) is -1.06. The summed E-state index contributed by atoms with van der Waals surface area (Å²) in [5.41, 5.74) is 5.06. The van der Waals surface area contributed by atoms with Crippen molar-refractivity contribution in [2.75, 3.05) is 5.75 Å². The molecule has 0 aliphatic carbocycles. The molecule has 1 N–H and O–H groups in total. The van der Waals surface area contributed by atoms with Gasteiger partial charge in [-0.1, -0.05) is 49.4 Å². The first-order valence-electron chi connectivity index (χ1n) is 10.6. The number of nitrogens with zero attached hydrogens (tertiary/aromatic N) is 2. The van der Waals surface area contributed by atoms with Crippen molar-refractivity contribution in [2.45, 2.75) is 25.3 Å². The summed E-state index contributed by atoms with van der Waals surface area (Å²) in [6.07, 6.45) is 3.71. The highest BCUT2D eigenvalue weighted by Crippen LogP contribution is 2.33. The van der Waals surface area contributed by atoms with E-state index in [4.69, 9.17) is 0 Å². The Morgan fingerprint density at radius 3 is 2.66 bits per heavy atom. The lowest BCUT2D eigenvalue weighted by Gasteiger charge is -2.12. The molecule has 0 fully saturated rings. The molecule has 6 heteroatoms. The van der Waals surface area contributed by atoms with Crippen LogP contribution in [0.5, 0.6) is 0 Å². The van der Waals surface area contributed by atoms with Gasteiger partial charge in [0.05, 0.1) is 17.3 Å². The fourth-order valence-electron chi connectivity index (χ4n) is 4.13. The molecule has 3 aromatic heterocycles. The van der Waals surface area contributed by atoms with E-state index in [1.54, 1.807) is 10.8 Å². The summed E-state index contributed by atoms with van der Waals surface area (Å²) in [6, 6.07) is 19.8. The highest BCUT2D eigenvalue weighted by Gasteiger charge is 2.17. The molecule has 0 aliphatic heterocycles. The average Bonchev–Trinajstić information content (AvgIpc) is 3.20. The minimum Gasteiger partial charge on any atom is -0.335 e. The predicted molar refractivity (Wildman–Crippen MR) is 131 cm³/mol. The molecule has 160 valence electrons. The third-order valence-corrected chi connectivity index (χ3v) is 6.99. The third-order valence-electron chi connectivity index (χ3n) is 5.68. The number of aromatic nitrogens is 3. The van der Waals surface area contributed by atoms with Crippen molar-refractivity contribution in [3.8, 4) is 11.1 Å². The standard InChI is InChI=1S/C26H23N3O2S/c1-3-32(31)20-11-7-10-19(13-20)22-16-29(15-18-8-5-4-6-9-18)26(30)24-23(22)21-12-17(2)14-27-25(21)28-24/h4-14,16H,3,15H2,1-2H3,(H,27,28). The number of benzene rings is 2. The summed E-state index contributed by atoms with van der Waals surface area (Å²) in [6.45, 7) is 4.37. The van der Waals surface area contributed by atoms with E-state index in [-0.39, 0.29) is 5.56 Å². The molecule has 1 unspecified atom stereocenters. The van der Waals surface area contributed by atoms with Crippen LogP contribution in [0.3, 0.4) is 0 Å². The van der Waals surface area contributed by atoms with Gasteiger partial charge in [0.15, 0.2) is 0 Å². The highest BCUT2D eigenvalue weighted by atomic mass is 32.2. The number of rotatable bonds is 5. The quantitative estimate of drug-likeness (QED) is 0.416. The first kappa shape index (κ1) is 20.4. The molecule has 0 aliphatic rings. The number of aryl methyl sites for hydroxylation is 1. The number of hydrogen-bond acceptors (Lipinski definition) is 3. The van der Waals surface area contributed by atoms with Crippen molar-refractivity contribution >= 4 is 32.7 Å². The van der Waals surface area contributed by atoms with Gasteiger partial charge in [-0.05, 0) is 41.8 Å². The molecule has 0 spiro atoms. The second-order valence-electron chi connectivity index (χ2n) is 7.91. The van der Waals surface area contributed by atoms with E-state index >= 15 is 0 Å². The Balaban J connectivity index is 1.82. The Bertz CT molecular complexity index is 1530. The lowest BCUT2D eigenvalue weighted by atomic mass is 10.0. The Hall–Kier alpha value is -3.51. The minimum atomic E-state index is -1.06. The van der Waals surface area contributed by atoms with Crippen molar-refractivity contribution in [1.29, 1.82) is 0 Å². The molecule has 1 atom stereocenters. The van der Waals surface area contributed by atoms with Crippen molar-refractivity contribution < 1.29 is 4.21 Å². The molecule has 0 saturated carbocycles. The first-order valence-corrected chi connectivity index (χ1v) is 11.9. The SMILES string of the molecule is CCS(=O)c1cccc(-c2cn(Cc3ccccc3)c(=O)c3[nH]c4ncc(C)cc4c23)c1. The van der Waals surface area contributed by atoms with Crippen LogP contribution < -0.4 is 5.56 Å².